The van der Waals surface area contributed by atoms with Gasteiger partial charge in [-0.25, -0.2) is 4.39 Å². The lowest BCUT2D eigenvalue weighted by Crippen LogP contribution is -2.28. The van der Waals surface area contributed by atoms with Gasteiger partial charge in [0.2, 0.25) is 5.91 Å². The van der Waals surface area contributed by atoms with Crippen molar-refractivity contribution in [1.29, 1.82) is 0 Å². The molecule has 0 fully saturated rings. The molecule has 0 aliphatic carbocycles. The van der Waals surface area contributed by atoms with Crippen LogP contribution in [-0.2, 0) is 5.41 Å². The van der Waals surface area contributed by atoms with Gasteiger partial charge in [0.1, 0.15) is 11.6 Å². The van der Waals surface area contributed by atoms with E-state index in [2.05, 4.69) is 34.3 Å². The van der Waals surface area contributed by atoms with Gasteiger partial charge in [0, 0.05) is 29.9 Å². The summed E-state index contributed by atoms with van der Waals surface area (Å²) < 4.78 is 13.1. The smallest absolute Gasteiger partial charge is 0.250 e. The Balaban J connectivity index is 1.70. The fourth-order valence-corrected chi connectivity index (χ4v) is 2.61. The van der Waals surface area contributed by atoms with Crippen LogP contribution in [0.15, 0.2) is 54.9 Å². The number of carbonyl (C=O) groups is 1. The largest absolute Gasteiger partial charge is 0.368 e. The highest BCUT2D eigenvalue weighted by Gasteiger charge is 2.20. The van der Waals surface area contributed by atoms with Crippen molar-refractivity contribution in [2.24, 2.45) is 5.73 Å². The number of rotatable bonds is 6. The zero-order valence-electron chi connectivity index (χ0n) is 15.1. The summed E-state index contributed by atoms with van der Waals surface area (Å²) in [6.45, 7) is 4.73. The van der Waals surface area contributed by atoms with Crippen molar-refractivity contribution in [3.8, 4) is 11.3 Å². The number of primary amides is 1. The van der Waals surface area contributed by atoms with Gasteiger partial charge in [-0.05, 0) is 35.9 Å². The van der Waals surface area contributed by atoms with Gasteiger partial charge in [0.25, 0.3) is 0 Å². The normalized spacial score (nSPS) is 11.2. The minimum Gasteiger partial charge on any atom is -0.368 e. The number of halogens is 1. The predicted molar refractivity (Wildman–Crippen MR) is 102 cm³/mol. The Morgan fingerprint density at radius 1 is 1.11 bits per heavy atom. The van der Waals surface area contributed by atoms with Gasteiger partial charge in [-0.2, -0.15) is 0 Å². The van der Waals surface area contributed by atoms with Crippen molar-refractivity contribution in [3.05, 3.63) is 71.8 Å². The van der Waals surface area contributed by atoms with Gasteiger partial charge in [-0.1, -0.05) is 26.0 Å². The summed E-state index contributed by atoms with van der Waals surface area (Å²) in [5, 5.41) is 11.6. The van der Waals surface area contributed by atoms with Crippen molar-refractivity contribution >= 4 is 11.7 Å². The second kappa shape index (κ2) is 7.49. The molecule has 0 saturated carbocycles. The summed E-state index contributed by atoms with van der Waals surface area (Å²) >= 11 is 0. The number of carbonyl (C=O) groups excluding carboxylic acids is 1. The molecule has 138 valence electrons. The number of hydrogen-bond donors (Lipinski definition) is 2. The van der Waals surface area contributed by atoms with Gasteiger partial charge in [0.05, 0.1) is 11.3 Å². The molecule has 0 aliphatic heterocycles. The van der Waals surface area contributed by atoms with Crippen LogP contribution < -0.4 is 11.1 Å². The molecule has 0 aliphatic rings. The molecule has 2 aromatic heterocycles. The van der Waals surface area contributed by atoms with Crippen molar-refractivity contribution in [2.75, 3.05) is 11.9 Å². The van der Waals surface area contributed by atoms with Crippen LogP contribution in [0.2, 0.25) is 0 Å². The number of anilines is 1. The summed E-state index contributed by atoms with van der Waals surface area (Å²) in [6.07, 6.45) is 3.01. The van der Waals surface area contributed by atoms with Crippen LogP contribution in [0.4, 0.5) is 10.2 Å². The molecular weight excluding hydrogens is 345 g/mol. The molecule has 6 nitrogen and oxygen atoms in total. The molecule has 0 saturated heterocycles. The van der Waals surface area contributed by atoms with E-state index in [4.69, 9.17) is 5.73 Å². The third-order valence-electron chi connectivity index (χ3n) is 4.32. The molecule has 0 bridgehead atoms. The SMILES string of the molecule is CC(C)(CNc1ccc(-c2cncc(C(N)=O)c2)nn1)c1ccc(F)cc1. The van der Waals surface area contributed by atoms with Crippen molar-refractivity contribution in [1.82, 2.24) is 15.2 Å². The number of nitrogens with two attached hydrogens (primary N) is 1. The average Bonchev–Trinajstić information content (AvgIpc) is 2.67. The maximum atomic E-state index is 13.1. The van der Waals surface area contributed by atoms with E-state index in [1.807, 2.05) is 0 Å². The Kier molecular flexibility index (Phi) is 5.12. The van der Waals surface area contributed by atoms with Crippen LogP contribution in [0.5, 0.6) is 0 Å². The van der Waals surface area contributed by atoms with Gasteiger partial charge in [-0.3, -0.25) is 9.78 Å². The Morgan fingerprint density at radius 2 is 1.85 bits per heavy atom. The first kappa shape index (κ1) is 18.4. The molecule has 1 aromatic carbocycles. The highest BCUT2D eigenvalue weighted by atomic mass is 19.1. The molecule has 0 atom stereocenters. The summed E-state index contributed by atoms with van der Waals surface area (Å²) in [4.78, 5) is 15.3. The highest BCUT2D eigenvalue weighted by molar-refractivity contribution is 5.93. The molecule has 3 N–H and O–H groups in total. The first-order valence-corrected chi connectivity index (χ1v) is 8.44. The molecule has 7 heteroatoms. The van der Waals surface area contributed by atoms with Crippen LogP contribution >= 0.6 is 0 Å². The van der Waals surface area contributed by atoms with Crippen molar-refractivity contribution < 1.29 is 9.18 Å². The van der Waals surface area contributed by atoms with E-state index in [9.17, 15) is 9.18 Å². The number of pyridine rings is 1. The average molecular weight is 365 g/mol. The van der Waals surface area contributed by atoms with Crippen LogP contribution in [0.1, 0.15) is 29.8 Å². The second-order valence-corrected chi connectivity index (χ2v) is 6.87. The molecule has 0 radical (unpaired) electrons. The van der Waals surface area contributed by atoms with Crippen LogP contribution in [0.25, 0.3) is 11.3 Å². The van der Waals surface area contributed by atoms with Crippen LogP contribution in [0, 0.1) is 5.82 Å². The monoisotopic (exact) mass is 365 g/mol. The van der Waals surface area contributed by atoms with E-state index in [0.717, 1.165) is 5.56 Å². The highest BCUT2D eigenvalue weighted by Crippen LogP contribution is 2.24. The third kappa shape index (κ3) is 4.44. The lowest BCUT2D eigenvalue weighted by atomic mass is 9.84. The van der Waals surface area contributed by atoms with E-state index in [-0.39, 0.29) is 11.2 Å². The molecule has 1 amide bonds. The molecular formula is C20H20FN5O. The number of hydrogen-bond acceptors (Lipinski definition) is 5. The van der Waals surface area contributed by atoms with Gasteiger partial charge < -0.3 is 11.1 Å². The molecule has 0 spiro atoms. The van der Waals surface area contributed by atoms with Gasteiger partial charge >= 0.3 is 0 Å². The fraction of sp³-hybridized carbons (Fsp3) is 0.200. The Labute approximate surface area is 156 Å². The first-order valence-electron chi connectivity index (χ1n) is 8.44. The van der Waals surface area contributed by atoms with E-state index in [1.165, 1.54) is 18.3 Å². The third-order valence-corrected chi connectivity index (χ3v) is 4.32. The summed E-state index contributed by atoms with van der Waals surface area (Å²) in [7, 11) is 0. The topological polar surface area (TPSA) is 93.8 Å². The molecule has 3 aromatic rings. The van der Waals surface area contributed by atoms with Crippen molar-refractivity contribution in [3.63, 3.8) is 0 Å². The molecule has 27 heavy (non-hydrogen) atoms. The minimum absolute atomic E-state index is 0.214. The number of benzene rings is 1. The predicted octanol–water partition coefficient (Wildman–Crippen LogP) is 3.17. The zero-order chi connectivity index (χ0) is 19.4. The second-order valence-electron chi connectivity index (χ2n) is 6.87. The number of nitrogens with zero attached hydrogens (tertiary/aromatic N) is 3. The fourth-order valence-electron chi connectivity index (χ4n) is 2.61. The Hall–Kier alpha value is -3.35. The standard InChI is InChI=1S/C20H20FN5O/c1-20(2,15-3-5-16(21)6-4-15)12-24-18-8-7-17(25-26-18)13-9-14(19(22)27)11-23-10-13/h3-11H,12H2,1-2H3,(H2,22,27)(H,24,26). The maximum absolute atomic E-state index is 13.1. The lowest BCUT2D eigenvalue weighted by Gasteiger charge is -2.25. The summed E-state index contributed by atoms with van der Waals surface area (Å²) in [5.74, 6) is -0.176. The number of nitrogens with one attached hydrogen (secondary N) is 1. The molecule has 0 unspecified atom stereocenters. The maximum Gasteiger partial charge on any atom is 0.250 e. The van der Waals surface area contributed by atoms with E-state index in [1.54, 1.807) is 36.5 Å². The Bertz CT molecular complexity index is 939. The van der Waals surface area contributed by atoms with Crippen LogP contribution in [0.3, 0.4) is 0 Å². The van der Waals surface area contributed by atoms with E-state index >= 15 is 0 Å². The quantitative estimate of drug-likeness (QED) is 0.700. The molecule has 2 heterocycles. The van der Waals surface area contributed by atoms with Gasteiger partial charge in [0.15, 0.2) is 0 Å². The van der Waals surface area contributed by atoms with Crippen molar-refractivity contribution in [2.45, 2.75) is 19.3 Å². The number of amides is 1. The minimum atomic E-state index is -0.543. The van der Waals surface area contributed by atoms with E-state index in [0.29, 0.717) is 29.2 Å². The zero-order valence-corrected chi connectivity index (χ0v) is 15.1. The van der Waals surface area contributed by atoms with E-state index < -0.39 is 5.91 Å². The first-order chi connectivity index (χ1) is 12.8. The summed E-state index contributed by atoms with van der Waals surface area (Å²) in [5.41, 5.74) is 7.66. The lowest BCUT2D eigenvalue weighted by molar-refractivity contribution is 0.1000. The Morgan fingerprint density at radius 3 is 2.48 bits per heavy atom. The molecule has 3 rings (SSSR count). The summed E-state index contributed by atoms with van der Waals surface area (Å²) in [6, 6.07) is 11.7. The number of aromatic nitrogens is 3. The van der Waals surface area contributed by atoms with Gasteiger partial charge in [-0.15, -0.1) is 10.2 Å². The van der Waals surface area contributed by atoms with Crippen LogP contribution in [-0.4, -0.2) is 27.6 Å².